The molecule has 39 heavy (non-hydrogen) atoms. The van der Waals surface area contributed by atoms with E-state index in [1.165, 1.54) is 7.05 Å². The largest absolute Gasteiger partial charge is 0.508 e. The molecule has 1 amide bonds. The Morgan fingerprint density at radius 1 is 1.21 bits per heavy atom. The van der Waals surface area contributed by atoms with Crippen LogP contribution in [-0.4, -0.2) is 77.2 Å². The highest BCUT2D eigenvalue weighted by molar-refractivity contribution is 6.24. The van der Waals surface area contributed by atoms with Gasteiger partial charge in [0.25, 0.3) is 5.91 Å². The summed E-state index contributed by atoms with van der Waals surface area (Å²) in [4.78, 5) is 40.8. The van der Waals surface area contributed by atoms with Gasteiger partial charge in [0, 0.05) is 49.9 Å². The number of carbonyl (C=O) groups is 3. The topological polar surface area (TPSA) is 185 Å². The Balaban J connectivity index is 1.90. The molecular weight excluding hydrogens is 504 g/mol. The first-order valence-corrected chi connectivity index (χ1v) is 13.0. The van der Waals surface area contributed by atoms with Crippen LogP contribution < -0.4 is 21.3 Å². The number of primary amides is 1. The van der Waals surface area contributed by atoms with Crippen molar-refractivity contribution in [3.05, 3.63) is 39.7 Å². The van der Waals surface area contributed by atoms with Crippen molar-refractivity contribution in [2.75, 3.05) is 32.6 Å². The van der Waals surface area contributed by atoms with E-state index in [1.807, 2.05) is 25.1 Å². The molecule has 1 fully saturated rings. The summed E-state index contributed by atoms with van der Waals surface area (Å²) < 4.78 is 0. The number of phenolic OH excluding ortho intramolecular Hbond substituents is 1. The van der Waals surface area contributed by atoms with Crippen molar-refractivity contribution in [1.82, 2.24) is 10.6 Å². The van der Waals surface area contributed by atoms with Gasteiger partial charge >= 0.3 is 0 Å². The number of ketones is 2. The van der Waals surface area contributed by atoms with Crippen molar-refractivity contribution in [1.29, 1.82) is 0 Å². The number of carbonyl (C=O) groups excluding carboxylic acids is 3. The van der Waals surface area contributed by atoms with Crippen LogP contribution in [0, 0.1) is 17.3 Å². The normalized spacial score (nSPS) is 26.8. The van der Waals surface area contributed by atoms with Gasteiger partial charge in [-0.25, -0.2) is 0 Å². The Bertz CT molecular complexity index is 1320. The molecule has 1 aromatic carbocycles. The number of nitrogens with one attached hydrogen (secondary N) is 2. The van der Waals surface area contributed by atoms with Gasteiger partial charge in [0.05, 0.1) is 11.6 Å². The van der Waals surface area contributed by atoms with E-state index in [4.69, 9.17) is 5.73 Å². The average Bonchev–Trinajstić information content (AvgIpc) is 2.81. The molecule has 0 aliphatic heterocycles. The van der Waals surface area contributed by atoms with Crippen molar-refractivity contribution < 1.29 is 34.8 Å². The molecular formula is C28H38N4O7. The van der Waals surface area contributed by atoms with Crippen molar-refractivity contribution in [3.8, 4) is 5.75 Å². The maximum absolute atomic E-state index is 13.9. The molecule has 0 saturated heterocycles. The molecule has 3 aliphatic carbocycles. The van der Waals surface area contributed by atoms with E-state index in [9.17, 15) is 34.8 Å². The maximum Gasteiger partial charge on any atom is 0.255 e. The minimum Gasteiger partial charge on any atom is -0.508 e. The van der Waals surface area contributed by atoms with Crippen LogP contribution in [0.15, 0.2) is 23.0 Å². The van der Waals surface area contributed by atoms with Crippen LogP contribution in [0.5, 0.6) is 5.75 Å². The number of hydrogen-bond donors (Lipinski definition) is 7. The van der Waals surface area contributed by atoms with Gasteiger partial charge in [-0.2, -0.15) is 0 Å². The van der Waals surface area contributed by atoms with Gasteiger partial charge in [-0.15, -0.1) is 0 Å². The number of benzene rings is 1. The number of Topliss-reactive ketones (excluding diaryl/α,β-unsaturated/α-hetero) is 2. The predicted molar refractivity (Wildman–Crippen MR) is 145 cm³/mol. The van der Waals surface area contributed by atoms with Crippen LogP contribution in [0.1, 0.15) is 43.9 Å². The number of hydrogen-bond acceptors (Lipinski definition) is 10. The molecule has 4 atom stereocenters. The second kappa shape index (κ2) is 9.65. The number of phenols is 1. The fourth-order valence-corrected chi connectivity index (χ4v) is 6.22. The van der Waals surface area contributed by atoms with Crippen molar-refractivity contribution in [3.63, 3.8) is 0 Å². The quantitative estimate of drug-likeness (QED) is 0.254. The third-order valence-electron chi connectivity index (χ3n) is 8.02. The number of rotatable bonds is 6. The van der Waals surface area contributed by atoms with Gasteiger partial charge in [-0.3, -0.25) is 14.4 Å². The molecule has 11 nitrogen and oxygen atoms in total. The van der Waals surface area contributed by atoms with Gasteiger partial charge in [0.15, 0.2) is 11.4 Å². The molecule has 0 aromatic heterocycles. The fraction of sp³-hybridized carbons (Fsp3) is 0.536. The zero-order chi connectivity index (χ0) is 29.2. The van der Waals surface area contributed by atoms with E-state index in [0.717, 1.165) is 5.69 Å². The summed E-state index contributed by atoms with van der Waals surface area (Å²) in [5.41, 5.74) is 3.64. The van der Waals surface area contributed by atoms with Crippen molar-refractivity contribution in [2.24, 2.45) is 23.0 Å². The second-order valence-corrected chi connectivity index (χ2v) is 12.1. The number of fused-ring (bicyclic) bond motifs is 3. The van der Waals surface area contributed by atoms with E-state index in [1.54, 1.807) is 0 Å². The highest BCUT2D eigenvalue weighted by Crippen LogP contribution is 2.53. The smallest absolute Gasteiger partial charge is 0.255 e. The molecule has 0 bridgehead atoms. The number of aliphatic hydroxyl groups excluding tert-OH is 2. The zero-order valence-corrected chi connectivity index (χ0v) is 23.2. The van der Waals surface area contributed by atoms with Crippen molar-refractivity contribution in [2.45, 2.75) is 51.8 Å². The molecule has 0 radical (unpaired) electrons. The molecule has 0 spiro atoms. The number of nitrogens with zero attached hydrogens (tertiary/aromatic N) is 1. The van der Waals surface area contributed by atoms with Gasteiger partial charge in [-0.05, 0) is 42.9 Å². The fourth-order valence-electron chi connectivity index (χ4n) is 6.22. The Labute approximate surface area is 227 Å². The molecule has 4 rings (SSSR count). The highest BCUT2D eigenvalue weighted by Gasteiger charge is 2.63. The van der Waals surface area contributed by atoms with E-state index in [-0.39, 0.29) is 35.1 Å². The second-order valence-electron chi connectivity index (χ2n) is 12.1. The first kappa shape index (κ1) is 28.6. The summed E-state index contributed by atoms with van der Waals surface area (Å²) in [6.45, 7) is 7.20. The Morgan fingerprint density at radius 2 is 1.85 bits per heavy atom. The summed E-state index contributed by atoms with van der Waals surface area (Å²) in [5.74, 6) is -6.64. The van der Waals surface area contributed by atoms with E-state index >= 15 is 0 Å². The lowest BCUT2D eigenvalue weighted by atomic mass is 9.57. The monoisotopic (exact) mass is 542 g/mol. The number of anilines is 1. The lowest BCUT2D eigenvalue weighted by Gasteiger charge is -2.49. The predicted octanol–water partition coefficient (Wildman–Crippen LogP) is 0.824. The van der Waals surface area contributed by atoms with E-state index in [2.05, 4.69) is 31.4 Å². The lowest BCUT2D eigenvalue weighted by Crippen LogP contribution is -2.65. The highest BCUT2D eigenvalue weighted by atomic mass is 16.3. The third kappa shape index (κ3) is 4.38. The number of aromatic hydroxyl groups is 1. The minimum atomic E-state index is -2.66. The number of amides is 1. The standard InChI is InChI=1S/C28H38N4O7/c1-27(2,3)11-31-10-13-9-16(32(5)6)14-7-12-8-15-20(30-4)23(35)19(26(29)38)25(37)28(15,39)24(36)17(12)22(34)18(14)21(13)33/h9,12,15,20,30-31,33-34,37,39H,7-8,10-11H2,1-6H3,(H2,29,38)/t12-,15-,20-,28-/m0/s1. The minimum absolute atomic E-state index is 0.00207. The summed E-state index contributed by atoms with van der Waals surface area (Å²) in [5, 5.41) is 51.4. The van der Waals surface area contributed by atoms with Gasteiger partial charge < -0.3 is 41.7 Å². The Morgan fingerprint density at radius 3 is 2.38 bits per heavy atom. The van der Waals surface area contributed by atoms with Crippen LogP contribution in [0.4, 0.5) is 5.69 Å². The number of aliphatic hydroxyl groups is 3. The molecule has 0 heterocycles. The SMILES string of the molecule is CN[C@@H]1C(=O)C(C(N)=O)=C(O)[C@@]2(O)C(=O)C3=C(O)c4c(O)c(CNCC(C)(C)C)cc(N(C)C)c4C[C@H]3C[C@@H]12. The van der Waals surface area contributed by atoms with Gasteiger partial charge in [-0.1, -0.05) is 20.8 Å². The summed E-state index contributed by atoms with van der Waals surface area (Å²) in [6, 6.07) is 0.678. The Hall–Kier alpha value is -3.41. The molecule has 11 heteroatoms. The summed E-state index contributed by atoms with van der Waals surface area (Å²) in [6.07, 6.45) is 0.276. The van der Waals surface area contributed by atoms with Crippen molar-refractivity contribution >= 4 is 28.9 Å². The molecule has 8 N–H and O–H groups in total. The first-order chi connectivity index (χ1) is 18.1. The van der Waals surface area contributed by atoms with Crippen LogP contribution in [0.3, 0.4) is 0 Å². The zero-order valence-electron chi connectivity index (χ0n) is 23.2. The van der Waals surface area contributed by atoms with E-state index < -0.39 is 58.0 Å². The van der Waals surface area contributed by atoms with Crippen LogP contribution in [-0.2, 0) is 27.3 Å². The molecule has 1 saturated carbocycles. The average molecular weight is 543 g/mol. The van der Waals surface area contributed by atoms with E-state index in [0.29, 0.717) is 24.2 Å². The van der Waals surface area contributed by atoms with Crippen LogP contribution >= 0.6 is 0 Å². The number of nitrogens with two attached hydrogens (primary N) is 1. The van der Waals surface area contributed by atoms with Crippen LogP contribution in [0.25, 0.3) is 5.76 Å². The maximum atomic E-state index is 13.9. The van der Waals surface area contributed by atoms with Gasteiger partial charge in [0.1, 0.15) is 22.8 Å². The van der Waals surface area contributed by atoms with Gasteiger partial charge in [0.2, 0.25) is 5.78 Å². The Kier molecular flexibility index (Phi) is 7.08. The molecule has 3 aliphatic rings. The molecule has 212 valence electrons. The number of likely N-dealkylation sites (N-methyl/N-ethyl adjacent to an activating group) is 1. The summed E-state index contributed by atoms with van der Waals surface area (Å²) in [7, 11) is 5.13. The third-order valence-corrected chi connectivity index (χ3v) is 8.02. The first-order valence-electron chi connectivity index (χ1n) is 13.0. The van der Waals surface area contributed by atoms with Crippen LogP contribution in [0.2, 0.25) is 0 Å². The molecule has 0 unspecified atom stereocenters. The summed E-state index contributed by atoms with van der Waals surface area (Å²) >= 11 is 0. The lowest BCUT2D eigenvalue weighted by molar-refractivity contribution is -0.150. The molecule has 1 aromatic rings.